The van der Waals surface area contributed by atoms with Crippen molar-refractivity contribution in [3.63, 3.8) is 0 Å². The highest BCUT2D eigenvalue weighted by Gasteiger charge is 2.15. The summed E-state index contributed by atoms with van der Waals surface area (Å²) in [5, 5.41) is 19.3. The Balaban J connectivity index is 0.00000481. The molecule has 3 rings (SSSR count). The van der Waals surface area contributed by atoms with Crippen LogP contribution in [0.1, 0.15) is 35.2 Å². The lowest BCUT2D eigenvalue weighted by Crippen LogP contribution is -2.29. The van der Waals surface area contributed by atoms with Gasteiger partial charge in [0.1, 0.15) is 0 Å². The molecule has 0 heterocycles. The number of hydrogen-bond acceptors (Lipinski definition) is 4. The van der Waals surface area contributed by atoms with Gasteiger partial charge in [0, 0.05) is 18.7 Å². The van der Waals surface area contributed by atoms with Crippen LogP contribution in [0.3, 0.4) is 0 Å². The van der Waals surface area contributed by atoms with Crippen molar-refractivity contribution in [3.8, 4) is 11.5 Å². The Hall–Kier alpha value is -2.82. The van der Waals surface area contributed by atoms with Crippen LogP contribution in [0.15, 0.2) is 78.6 Å². The molecule has 2 N–H and O–H groups in total. The van der Waals surface area contributed by atoms with Gasteiger partial charge in [0.25, 0.3) is 0 Å². The molecule has 3 aromatic rings. The van der Waals surface area contributed by atoms with Crippen molar-refractivity contribution in [3.05, 3.63) is 95.3 Å². The summed E-state index contributed by atoms with van der Waals surface area (Å²) in [6.45, 7) is -1.23. The highest BCUT2D eigenvalue weighted by Crippen LogP contribution is 2.25. The molecule has 0 atom stereocenters. The van der Waals surface area contributed by atoms with Crippen LogP contribution in [-0.2, 0) is 13.1 Å². The molecule has 27 heavy (non-hydrogen) atoms. The van der Waals surface area contributed by atoms with Crippen molar-refractivity contribution in [1.29, 1.82) is 0 Å². The summed E-state index contributed by atoms with van der Waals surface area (Å²) in [6, 6.07) is -2.11. The Morgan fingerprint density at radius 1 is 0.852 bits per heavy atom. The number of benzene rings is 3. The summed E-state index contributed by atoms with van der Waals surface area (Å²) in [7, 11) is 0. The first-order valence-corrected chi connectivity index (χ1v) is 7.65. The second-order valence-corrected chi connectivity index (χ2v) is 5.48. The van der Waals surface area contributed by atoms with E-state index in [4.69, 9.17) is 13.7 Å². The highest BCUT2D eigenvalue weighted by atomic mass is 35.5. The van der Waals surface area contributed by atoms with Crippen LogP contribution in [0.5, 0.6) is 11.5 Å². The SMILES string of the molecule is Cl.[2H]c1c([2H])c([2H])c(CN(CC(=O)c2ccc(O)c(O)c2)Cc2c([2H])c([2H])c([2H])c([2H])c2[2H])c([2H])c1[2H]. The Morgan fingerprint density at radius 3 is 1.85 bits per heavy atom. The van der Waals surface area contributed by atoms with E-state index in [-0.39, 0.29) is 42.2 Å². The minimum atomic E-state index is -0.596. The summed E-state index contributed by atoms with van der Waals surface area (Å²) in [6.07, 6.45) is 0. The molecule has 0 aromatic heterocycles. The van der Waals surface area contributed by atoms with Crippen LogP contribution in [0.2, 0.25) is 0 Å². The van der Waals surface area contributed by atoms with Gasteiger partial charge >= 0.3 is 0 Å². The van der Waals surface area contributed by atoms with Gasteiger partial charge in [0.05, 0.1) is 20.3 Å². The Bertz CT molecular complexity index is 1260. The van der Waals surface area contributed by atoms with E-state index in [2.05, 4.69) is 0 Å². The van der Waals surface area contributed by atoms with Gasteiger partial charge in [0.2, 0.25) is 0 Å². The van der Waals surface area contributed by atoms with Gasteiger partial charge in [-0.3, -0.25) is 9.69 Å². The van der Waals surface area contributed by atoms with Crippen LogP contribution in [0, 0.1) is 0 Å². The molecule has 0 radical (unpaired) electrons. The molecule has 0 saturated heterocycles. The van der Waals surface area contributed by atoms with Crippen molar-refractivity contribution in [1.82, 2.24) is 4.90 Å². The van der Waals surface area contributed by atoms with Crippen LogP contribution in [-0.4, -0.2) is 27.4 Å². The molecule has 4 nitrogen and oxygen atoms in total. The van der Waals surface area contributed by atoms with Gasteiger partial charge in [-0.05, 0) is 29.3 Å². The van der Waals surface area contributed by atoms with E-state index in [0.717, 1.165) is 12.1 Å². The standard InChI is InChI=1S/C22H21NO3.ClH/c24-20-12-11-19(13-21(20)25)22(26)16-23(14-17-7-3-1-4-8-17)15-18-9-5-2-6-10-18;/h1-13,24-25H,14-16H2;1H/i1D,2D,3D,4D,5D,6D,7D,8D,9D,10D;. The van der Waals surface area contributed by atoms with Gasteiger partial charge in [0.15, 0.2) is 17.3 Å². The van der Waals surface area contributed by atoms with Crippen molar-refractivity contribution in [2.75, 3.05) is 6.54 Å². The van der Waals surface area contributed by atoms with E-state index in [1.165, 1.54) is 11.0 Å². The number of hydrogen-bond donors (Lipinski definition) is 2. The molecular formula is C22H22ClNO3. The fraction of sp³-hybridized carbons (Fsp3) is 0.136. The predicted molar refractivity (Wildman–Crippen MR) is 108 cm³/mol. The predicted octanol–water partition coefficient (Wildman–Crippen LogP) is 4.40. The highest BCUT2D eigenvalue weighted by molar-refractivity contribution is 5.98. The summed E-state index contributed by atoms with van der Waals surface area (Å²) in [4.78, 5) is 14.3. The van der Waals surface area contributed by atoms with Gasteiger partial charge < -0.3 is 10.2 Å². The minimum Gasteiger partial charge on any atom is -0.504 e. The maximum absolute atomic E-state index is 13.0. The maximum atomic E-state index is 13.0. The number of phenolic OH excluding ortho intramolecular Hbond substituents is 2. The zero-order chi connectivity index (χ0) is 27.1. The number of ketones is 1. The third kappa shape index (κ3) is 5.84. The molecular weight excluding hydrogens is 362 g/mol. The van der Waals surface area contributed by atoms with Crippen LogP contribution in [0.25, 0.3) is 0 Å². The van der Waals surface area contributed by atoms with E-state index in [1.807, 2.05) is 0 Å². The number of rotatable bonds is 7. The number of nitrogens with zero attached hydrogens (tertiary/aromatic N) is 1. The van der Waals surface area contributed by atoms with Crippen molar-refractivity contribution >= 4 is 18.2 Å². The Labute approximate surface area is 179 Å². The molecule has 0 aliphatic heterocycles. The molecule has 5 heteroatoms. The molecule has 0 bridgehead atoms. The molecule has 0 amide bonds. The lowest BCUT2D eigenvalue weighted by atomic mass is 10.1. The van der Waals surface area contributed by atoms with Crippen molar-refractivity contribution < 1.29 is 28.7 Å². The van der Waals surface area contributed by atoms with Gasteiger partial charge in [-0.25, -0.2) is 0 Å². The van der Waals surface area contributed by atoms with Crippen LogP contribution in [0.4, 0.5) is 0 Å². The number of carbonyl (C=O) groups excluding carboxylic acids is 1. The lowest BCUT2D eigenvalue weighted by Gasteiger charge is -2.22. The average Bonchev–Trinajstić information content (AvgIpc) is 2.85. The van der Waals surface area contributed by atoms with Crippen LogP contribution >= 0.6 is 12.4 Å². The number of phenols is 2. The molecule has 3 aromatic carbocycles. The fourth-order valence-electron chi connectivity index (χ4n) is 2.32. The molecule has 0 aliphatic carbocycles. The zero-order valence-corrected chi connectivity index (χ0v) is 14.8. The first-order valence-electron chi connectivity index (χ1n) is 12.6. The largest absolute Gasteiger partial charge is 0.504 e. The molecule has 0 spiro atoms. The van der Waals surface area contributed by atoms with E-state index in [1.54, 1.807) is 0 Å². The van der Waals surface area contributed by atoms with E-state index in [9.17, 15) is 15.0 Å². The van der Waals surface area contributed by atoms with E-state index < -0.39 is 84.3 Å². The summed E-state index contributed by atoms with van der Waals surface area (Å²) in [5.74, 6) is -1.57. The summed E-state index contributed by atoms with van der Waals surface area (Å²) < 4.78 is 79.8. The van der Waals surface area contributed by atoms with Gasteiger partial charge in [-0.1, -0.05) is 60.4 Å². The monoisotopic (exact) mass is 393 g/mol. The summed E-state index contributed by atoms with van der Waals surface area (Å²) >= 11 is 0. The number of halogens is 1. The zero-order valence-electron chi connectivity index (χ0n) is 24.0. The number of aromatic hydroxyl groups is 2. The maximum Gasteiger partial charge on any atom is 0.176 e. The molecule has 0 unspecified atom stereocenters. The normalized spacial score (nSPS) is 15.6. The van der Waals surface area contributed by atoms with E-state index in [0.29, 0.717) is 0 Å². The van der Waals surface area contributed by atoms with Gasteiger partial charge in [-0.15, -0.1) is 12.4 Å². The number of Topliss-reactive ketones (excluding diaryl/α,β-unsaturated/α-hetero) is 1. The third-order valence-corrected chi connectivity index (χ3v) is 3.53. The van der Waals surface area contributed by atoms with Crippen LogP contribution < -0.4 is 0 Å². The third-order valence-electron chi connectivity index (χ3n) is 3.53. The average molecular weight is 394 g/mol. The first kappa shape index (κ1) is 10.5. The second kappa shape index (κ2) is 9.76. The summed E-state index contributed by atoms with van der Waals surface area (Å²) in [5.41, 5.74) is -0.290. The molecule has 0 saturated carbocycles. The topological polar surface area (TPSA) is 60.8 Å². The fourth-order valence-corrected chi connectivity index (χ4v) is 2.32. The van der Waals surface area contributed by atoms with Gasteiger partial charge in [-0.2, -0.15) is 0 Å². The van der Waals surface area contributed by atoms with Crippen molar-refractivity contribution in [2.45, 2.75) is 13.1 Å². The molecule has 0 aliphatic rings. The Morgan fingerprint density at radius 2 is 1.37 bits per heavy atom. The lowest BCUT2D eigenvalue weighted by molar-refractivity contribution is 0.0920. The molecule has 0 fully saturated rings. The second-order valence-electron chi connectivity index (χ2n) is 5.48. The van der Waals surface area contributed by atoms with E-state index >= 15 is 0 Å². The van der Waals surface area contributed by atoms with Crippen molar-refractivity contribution in [2.24, 2.45) is 0 Å². The minimum absolute atomic E-state index is 0. The quantitative estimate of drug-likeness (QED) is 0.461. The number of carbonyl (C=O) groups is 1. The molecule has 140 valence electrons. The first-order chi connectivity index (χ1) is 16.8. The Kier molecular flexibility index (Phi) is 3.80. The smallest absolute Gasteiger partial charge is 0.176 e.